The number of halogens is 1. The quantitative estimate of drug-likeness (QED) is 0.454. The zero-order valence-corrected chi connectivity index (χ0v) is 16.7. The van der Waals surface area contributed by atoms with E-state index in [0.717, 1.165) is 36.0 Å². The number of hydrogen-bond acceptors (Lipinski definition) is 2. The van der Waals surface area contributed by atoms with Crippen LogP contribution < -0.4 is 5.73 Å². The first-order valence-electron chi connectivity index (χ1n) is 8.29. The van der Waals surface area contributed by atoms with Crippen LogP contribution in [0.4, 0.5) is 0 Å². The Labute approximate surface area is 161 Å². The molecule has 2 aromatic rings. The van der Waals surface area contributed by atoms with E-state index in [2.05, 4.69) is 34.0 Å². The summed E-state index contributed by atoms with van der Waals surface area (Å²) in [5, 5.41) is 4.49. The van der Waals surface area contributed by atoms with E-state index >= 15 is 0 Å². The maximum absolute atomic E-state index is 6.19. The molecule has 2 N–H and O–H groups in total. The Bertz CT molecular complexity index is 686. The van der Waals surface area contributed by atoms with E-state index in [0.29, 0.717) is 12.5 Å². The number of benzene rings is 1. The van der Waals surface area contributed by atoms with Crippen LogP contribution in [-0.4, -0.2) is 33.7 Å². The Morgan fingerprint density at radius 3 is 2.62 bits per heavy atom. The van der Waals surface area contributed by atoms with Crippen molar-refractivity contribution in [2.24, 2.45) is 16.6 Å². The molecule has 2 heterocycles. The van der Waals surface area contributed by atoms with Crippen LogP contribution in [0.25, 0.3) is 5.69 Å². The molecule has 0 amide bonds. The summed E-state index contributed by atoms with van der Waals surface area (Å²) in [5.41, 5.74) is 9.38. The molecule has 130 valence electrons. The first-order valence-corrected chi connectivity index (χ1v) is 8.29. The summed E-state index contributed by atoms with van der Waals surface area (Å²) in [6.45, 7) is 6.89. The van der Waals surface area contributed by atoms with Crippen molar-refractivity contribution in [1.29, 1.82) is 0 Å². The maximum atomic E-state index is 6.19. The minimum atomic E-state index is 0. The van der Waals surface area contributed by atoms with Gasteiger partial charge < -0.3 is 10.6 Å². The standard InChI is InChI=1S/C18H25N5.HI/c1-14-7-10-22(11-8-14)18(19)20-13-16-5-3-4-6-17(16)23-12-9-15(2)21-23;/h3-6,9,12,14H,7-8,10-11,13H2,1-2H3,(H2,19,20);1H. The van der Waals surface area contributed by atoms with Crippen LogP contribution in [0.5, 0.6) is 0 Å². The van der Waals surface area contributed by atoms with Gasteiger partial charge in [0.25, 0.3) is 0 Å². The van der Waals surface area contributed by atoms with Crippen LogP contribution in [0.3, 0.4) is 0 Å². The molecule has 0 saturated carbocycles. The highest BCUT2D eigenvalue weighted by atomic mass is 127. The first-order chi connectivity index (χ1) is 11.1. The Hall–Kier alpha value is -1.57. The first kappa shape index (κ1) is 18.8. The Kier molecular flexibility index (Phi) is 6.65. The molecule has 3 rings (SSSR count). The van der Waals surface area contributed by atoms with E-state index in [1.54, 1.807) is 0 Å². The van der Waals surface area contributed by atoms with Gasteiger partial charge in [0.05, 0.1) is 17.9 Å². The number of nitrogens with two attached hydrogens (primary N) is 1. The zero-order valence-electron chi connectivity index (χ0n) is 14.4. The van der Waals surface area contributed by atoms with Crippen LogP contribution in [-0.2, 0) is 6.54 Å². The molecule has 0 unspecified atom stereocenters. The van der Waals surface area contributed by atoms with E-state index in [-0.39, 0.29) is 24.0 Å². The average Bonchev–Trinajstić information content (AvgIpc) is 3.00. The minimum Gasteiger partial charge on any atom is -0.370 e. The third kappa shape index (κ3) is 4.49. The number of aliphatic imine (C=N–C) groups is 1. The molecular formula is C18H26IN5. The lowest BCUT2D eigenvalue weighted by Gasteiger charge is -2.31. The predicted molar refractivity (Wildman–Crippen MR) is 109 cm³/mol. The summed E-state index contributed by atoms with van der Waals surface area (Å²) in [7, 11) is 0. The largest absolute Gasteiger partial charge is 0.370 e. The fourth-order valence-corrected chi connectivity index (χ4v) is 2.92. The number of nitrogens with zero attached hydrogens (tertiary/aromatic N) is 4. The average molecular weight is 439 g/mol. The van der Waals surface area contributed by atoms with Gasteiger partial charge in [-0.1, -0.05) is 25.1 Å². The summed E-state index contributed by atoms with van der Waals surface area (Å²) < 4.78 is 1.90. The molecule has 0 spiro atoms. The molecule has 5 nitrogen and oxygen atoms in total. The van der Waals surface area contributed by atoms with Gasteiger partial charge in [0.15, 0.2) is 5.96 Å². The molecule has 24 heavy (non-hydrogen) atoms. The number of aryl methyl sites for hydroxylation is 1. The predicted octanol–water partition coefficient (Wildman–Crippen LogP) is 3.35. The second-order valence-corrected chi connectivity index (χ2v) is 6.37. The van der Waals surface area contributed by atoms with Crippen molar-refractivity contribution in [3.05, 3.63) is 47.8 Å². The van der Waals surface area contributed by atoms with Crippen molar-refractivity contribution >= 4 is 29.9 Å². The molecule has 6 heteroatoms. The van der Waals surface area contributed by atoms with Gasteiger partial charge in [-0.3, -0.25) is 0 Å². The highest BCUT2D eigenvalue weighted by Gasteiger charge is 2.17. The molecule has 1 aromatic carbocycles. The van der Waals surface area contributed by atoms with Crippen LogP contribution in [0.2, 0.25) is 0 Å². The van der Waals surface area contributed by atoms with Crippen LogP contribution >= 0.6 is 24.0 Å². The summed E-state index contributed by atoms with van der Waals surface area (Å²) in [6.07, 6.45) is 4.37. The molecule has 1 aliphatic rings. The van der Waals surface area contributed by atoms with Gasteiger partial charge in [-0.25, -0.2) is 9.67 Å². The van der Waals surface area contributed by atoms with Crippen molar-refractivity contribution in [1.82, 2.24) is 14.7 Å². The summed E-state index contributed by atoms with van der Waals surface area (Å²) in [4.78, 5) is 6.81. The van der Waals surface area contributed by atoms with Gasteiger partial charge in [-0.05, 0) is 43.4 Å². The molecule has 0 aliphatic carbocycles. The fourth-order valence-electron chi connectivity index (χ4n) is 2.92. The lowest BCUT2D eigenvalue weighted by molar-refractivity contribution is 0.277. The Balaban J connectivity index is 0.00000208. The second kappa shape index (κ2) is 8.50. The number of para-hydroxylation sites is 1. The van der Waals surface area contributed by atoms with Crippen LogP contribution in [0, 0.1) is 12.8 Å². The summed E-state index contributed by atoms with van der Waals surface area (Å²) in [6, 6.07) is 10.2. The second-order valence-electron chi connectivity index (χ2n) is 6.37. The number of guanidine groups is 1. The fraction of sp³-hybridized carbons (Fsp3) is 0.444. The Morgan fingerprint density at radius 1 is 1.25 bits per heavy atom. The van der Waals surface area contributed by atoms with Crippen LogP contribution in [0.15, 0.2) is 41.5 Å². The number of aromatic nitrogens is 2. The van der Waals surface area contributed by atoms with Crippen molar-refractivity contribution in [2.75, 3.05) is 13.1 Å². The highest BCUT2D eigenvalue weighted by Crippen LogP contribution is 2.17. The minimum absolute atomic E-state index is 0. The molecule has 1 aromatic heterocycles. The zero-order chi connectivity index (χ0) is 16.2. The van der Waals surface area contributed by atoms with E-state index in [4.69, 9.17) is 5.73 Å². The van der Waals surface area contributed by atoms with Gasteiger partial charge in [0.2, 0.25) is 0 Å². The number of piperidine rings is 1. The summed E-state index contributed by atoms with van der Waals surface area (Å²) >= 11 is 0. The Morgan fingerprint density at radius 2 is 1.96 bits per heavy atom. The lowest BCUT2D eigenvalue weighted by atomic mass is 10.00. The molecule has 1 aliphatic heterocycles. The van der Waals surface area contributed by atoms with Crippen molar-refractivity contribution in [3.8, 4) is 5.69 Å². The van der Waals surface area contributed by atoms with Gasteiger partial charge >= 0.3 is 0 Å². The molecular weight excluding hydrogens is 413 g/mol. The van der Waals surface area contributed by atoms with E-state index < -0.39 is 0 Å². The SMILES string of the molecule is Cc1ccn(-c2ccccc2CN=C(N)N2CCC(C)CC2)n1.I. The molecule has 0 radical (unpaired) electrons. The topological polar surface area (TPSA) is 59.4 Å². The normalized spacial score (nSPS) is 16.1. The van der Waals surface area contributed by atoms with E-state index in [1.165, 1.54) is 12.8 Å². The summed E-state index contributed by atoms with van der Waals surface area (Å²) in [5.74, 6) is 1.45. The van der Waals surface area contributed by atoms with Gasteiger partial charge in [0, 0.05) is 19.3 Å². The number of likely N-dealkylation sites (tertiary alicyclic amines) is 1. The monoisotopic (exact) mass is 439 g/mol. The lowest BCUT2D eigenvalue weighted by Crippen LogP contribution is -2.42. The molecule has 0 bridgehead atoms. The maximum Gasteiger partial charge on any atom is 0.191 e. The van der Waals surface area contributed by atoms with Gasteiger partial charge in [-0.2, -0.15) is 5.10 Å². The number of rotatable bonds is 3. The van der Waals surface area contributed by atoms with Crippen molar-refractivity contribution in [3.63, 3.8) is 0 Å². The molecule has 1 saturated heterocycles. The van der Waals surface area contributed by atoms with Crippen molar-refractivity contribution in [2.45, 2.75) is 33.2 Å². The van der Waals surface area contributed by atoms with Gasteiger partial charge in [0.1, 0.15) is 0 Å². The third-order valence-corrected chi connectivity index (χ3v) is 4.48. The molecule has 0 atom stereocenters. The van der Waals surface area contributed by atoms with E-state index in [1.807, 2.05) is 36.0 Å². The smallest absolute Gasteiger partial charge is 0.191 e. The third-order valence-electron chi connectivity index (χ3n) is 4.48. The number of hydrogen-bond donors (Lipinski definition) is 1. The van der Waals surface area contributed by atoms with Gasteiger partial charge in [-0.15, -0.1) is 24.0 Å². The van der Waals surface area contributed by atoms with Crippen molar-refractivity contribution < 1.29 is 0 Å². The van der Waals surface area contributed by atoms with Crippen LogP contribution in [0.1, 0.15) is 31.0 Å². The highest BCUT2D eigenvalue weighted by molar-refractivity contribution is 14.0. The van der Waals surface area contributed by atoms with E-state index in [9.17, 15) is 0 Å². The molecule has 1 fully saturated rings.